The number of hydrogen-bond acceptors (Lipinski definition) is 4. The molecule has 0 aliphatic rings. The van der Waals surface area contributed by atoms with E-state index in [2.05, 4.69) is 19.9 Å². The van der Waals surface area contributed by atoms with Crippen LogP contribution < -0.4 is 4.72 Å². The van der Waals surface area contributed by atoms with E-state index in [0.29, 0.717) is 0 Å². The Kier molecular flexibility index (Phi) is 2.32. The summed E-state index contributed by atoms with van der Waals surface area (Å²) in [5.74, 6) is 0.142. The van der Waals surface area contributed by atoms with Crippen LogP contribution in [-0.4, -0.2) is 28.8 Å². The van der Waals surface area contributed by atoms with Crippen LogP contribution in [0.2, 0.25) is 0 Å². The number of nitrogens with one attached hydrogen (secondary N) is 2. The molecule has 0 atom stereocenters. The number of aromatic amines is 1. The van der Waals surface area contributed by atoms with Crippen LogP contribution in [0, 0.1) is 0 Å². The second kappa shape index (κ2) is 3.10. The number of H-pyrrole nitrogens is 1. The van der Waals surface area contributed by atoms with Gasteiger partial charge in [0.2, 0.25) is 16.0 Å². The normalized spacial score (nSPS) is 11.9. The first-order chi connectivity index (χ1) is 5.52. The van der Waals surface area contributed by atoms with E-state index in [0.717, 1.165) is 0 Å². The molecule has 0 bridgehead atoms. The highest BCUT2D eigenvalue weighted by molar-refractivity contribution is 7.93. The Balaban J connectivity index is 2.77. The van der Waals surface area contributed by atoms with E-state index >= 15 is 0 Å². The summed E-state index contributed by atoms with van der Waals surface area (Å²) in [6.45, 7) is 3.16. The summed E-state index contributed by atoms with van der Waals surface area (Å²) >= 11 is 0. The third kappa shape index (κ3) is 1.94. The molecule has 0 aliphatic heterocycles. The molecule has 0 amide bonds. The number of hydrogen-bond donors (Lipinski definition) is 2. The lowest BCUT2D eigenvalue weighted by molar-refractivity contribution is 0.592. The first kappa shape index (κ1) is 8.98. The highest BCUT2D eigenvalue weighted by atomic mass is 32.2. The fourth-order valence-corrected chi connectivity index (χ4v) is 1.11. The fraction of sp³-hybridized carbons (Fsp3) is 0.600. The number of sulfonamides is 1. The van der Waals surface area contributed by atoms with E-state index in [4.69, 9.17) is 0 Å². The number of rotatable bonds is 3. The SMILES string of the molecule is CC(C)S(=O)(=O)Nc1ncn[nH]1. The lowest BCUT2D eigenvalue weighted by atomic mass is 10.6. The minimum absolute atomic E-state index is 0.142. The Hall–Kier alpha value is -1.11. The molecule has 0 radical (unpaired) electrons. The van der Waals surface area contributed by atoms with Gasteiger partial charge in [-0.3, -0.25) is 4.72 Å². The second-order valence-electron chi connectivity index (χ2n) is 2.53. The van der Waals surface area contributed by atoms with Crippen LogP contribution in [0.4, 0.5) is 5.95 Å². The van der Waals surface area contributed by atoms with Crippen molar-refractivity contribution in [2.45, 2.75) is 19.1 Å². The Morgan fingerprint density at radius 2 is 2.25 bits per heavy atom. The van der Waals surface area contributed by atoms with Crippen LogP contribution in [0.15, 0.2) is 6.33 Å². The number of anilines is 1. The third-order valence-electron chi connectivity index (χ3n) is 1.27. The number of nitrogens with zero attached hydrogens (tertiary/aromatic N) is 2. The van der Waals surface area contributed by atoms with E-state index in [1.54, 1.807) is 13.8 Å². The van der Waals surface area contributed by atoms with Gasteiger partial charge in [0.25, 0.3) is 0 Å². The summed E-state index contributed by atoms with van der Waals surface area (Å²) < 4.78 is 24.6. The number of aromatic nitrogens is 3. The van der Waals surface area contributed by atoms with Crippen molar-refractivity contribution in [2.75, 3.05) is 4.72 Å². The standard InChI is InChI=1S/C5H10N4O2S/c1-4(2)12(10,11)9-5-6-3-7-8-5/h3-4H,1-2H3,(H2,6,7,8,9). The van der Waals surface area contributed by atoms with Crippen molar-refractivity contribution >= 4 is 16.0 Å². The molecule has 1 heterocycles. The Morgan fingerprint density at radius 1 is 1.58 bits per heavy atom. The molecule has 1 rings (SSSR count). The molecule has 7 heteroatoms. The molecular weight excluding hydrogens is 180 g/mol. The van der Waals surface area contributed by atoms with Crippen molar-refractivity contribution in [3.05, 3.63) is 6.33 Å². The smallest absolute Gasteiger partial charge is 0.237 e. The van der Waals surface area contributed by atoms with Gasteiger partial charge in [0.05, 0.1) is 5.25 Å². The molecule has 1 aromatic heterocycles. The lowest BCUT2D eigenvalue weighted by Gasteiger charge is -2.06. The molecule has 0 aromatic carbocycles. The zero-order valence-corrected chi connectivity index (χ0v) is 7.59. The zero-order chi connectivity index (χ0) is 9.19. The second-order valence-corrected chi connectivity index (χ2v) is 4.77. The Labute approximate surface area is 70.5 Å². The van der Waals surface area contributed by atoms with Crippen molar-refractivity contribution in [2.24, 2.45) is 0 Å². The van der Waals surface area contributed by atoms with Crippen LogP contribution in [0.25, 0.3) is 0 Å². The molecule has 12 heavy (non-hydrogen) atoms. The van der Waals surface area contributed by atoms with Crippen LogP contribution in [0.5, 0.6) is 0 Å². The Morgan fingerprint density at radius 3 is 2.67 bits per heavy atom. The predicted molar refractivity (Wildman–Crippen MR) is 44.1 cm³/mol. The summed E-state index contributed by atoms with van der Waals surface area (Å²) in [7, 11) is -3.30. The quantitative estimate of drug-likeness (QED) is 0.699. The van der Waals surface area contributed by atoms with Gasteiger partial charge in [0, 0.05) is 0 Å². The van der Waals surface area contributed by atoms with Crippen molar-refractivity contribution in [3.63, 3.8) is 0 Å². The highest BCUT2D eigenvalue weighted by Gasteiger charge is 2.16. The van der Waals surface area contributed by atoms with Crippen molar-refractivity contribution in [1.82, 2.24) is 15.2 Å². The van der Waals surface area contributed by atoms with Gasteiger partial charge in [0.1, 0.15) is 6.33 Å². The van der Waals surface area contributed by atoms with Crippen molar-refractivity contribution in [1.29, 1.82) is 0 Å². The average Bonchev–Trinajstić information content (AvgIpc) is 2.38. The first-order valence-corrected chi connectivity index (χ1v) is 4.94. The van der Waals surface area contributed by atoms with E-state index in [1.807, 2.05) is 0 Å². The van der Waals surface area contributed by atoms with Gasteiger partial charge in [-0.15, -0.1) is 0 Å². The summed E-state index contributed by atoms with van der Waals surface area (Å²) in [5.41, 5.74) is 0. The van der Waals surface area contributed by atoms with Crippen molar-refractivity contribution < 1.29 is 8.42 Å². The summed E-state index contributed by atoms with van der Waals surface area (Å²) in [4.78, 5) is 3.63. The topological polar surface area (TPSA) is 87.7 Å². The van der Waals surface area contributed by atoms with Crippen LogP contribution in [0.3, 0.4) is 0 Å². The van der Waals surface area contributed by atoms with Crippen LogP contribution >= 0.6 is 0 Å². The van der Waals surface area contributed by atoms with E-state index in [-0.39, 0.29) is 5.95 Å². The molecular formula is C5H10N4O2S. The molecule has 0 saturated heterocycles. The van der Waals surface area contributed by atoms with Gasteiger partial charge in [-0.1, -0.05) is 0 Å². The van der Waals surface area contributed by atoms with Gasteiger partial charge in [-0.2, -0.15) is 10.1 Å². The van der Waals surface area contributed by atoms with Crippen molar-refractivity contribution in [3.8, 4) is 0 Å². The molecule has 0 fully saturated rings. The van der Waals surface area contributed by atoms with Gasteiger partial charge in [-0.25, -0.2) is 13.5 Å². The molecule has 6 nitrogen and oxygen atoms in total. The molecule has 1 aromatic rings. The largest absolute Gasteiger partial charge is 0.251 e. The zero-order valence-electron chi connectivity index (χ0n) is 6.77. The van der Waals surface area contributed by atoms with Crippen LogP contribution in [0.1, 0.15) is 13.8 Å². The molecule has 0 spiro atoms. The minimum atomic E-state index is -3.30. The maximum atomic E-state index is 11.2. The minimum Gasteiger partial charge on any atom is -0.251 e. The van der Waals surface area contributed by atoms with Gasteiger partial charge < -0.3 is 0 Å². The monoisotopic (exact) mass is 190 g/mol. The summed E-state index contributed by atoms with van der Waals surface area (Å²) in [6.07, 6.45) is 1.23. The highest BCUT2D eigenvalue weighted by Crippen LogP contribution is 2.03. The lowest BCUT2D eigenvalue weighted by Crippen LogP contribution is -2.23. The van der Waals surface area contributed by atoms with Crippen LogP contribution in [-0.2, 0) is 10.0 Å². The Bertz CT molecular complexity index is 328. The average molecular weight is 190 g/mol. The first-order valence-electron chi connectivity index (χ1n) is 3.39. The summed E-state index contributed by atoms with van der Waals surface area (Å²) in [6, 6.07) is 0. The van der Waals surface area contributed by atoms with Gasteiger partial charge >= 0.3 is 0 Å². The maximum Gasteiger partial charge on any atom is 0.237 e. The van der Waals surface area contributed by atoms with Gasteiger partial charge in [0.15, 0.2) is 0 Å². The van der Waals surface area contributed by atoms with E-state index in [1.165, 1.54) is 6.33 Å². The molecule has 2 N–H and O–H groups in total. The molecule has 0 saturated carbocycles. The third-order valence-corrected chi connectivity index (χ3v) is 2.99. The summed E-state index contributed by atoms with van der Waals surface area (Å²) in [5, 5.41) is 5.42. The van der Waals surface area contributed by atoms with E-state index in [9.17, 15) is 8.42 Å². The predicted octanol–water partition coefficient (Wildman–Crippen LogP) is -0.0452. The van der Waals surface area contributed by atoms with E-state index < -0.39 is 15.3 Å². The maximum absolute atomic E-state index is 11.2. The van der Waals surface area contributed by atoms with Gasteiger partial charge in [-0.05, 0) is 13.8 Å². The molecule has 0 unspecified atom stereocenters. The molecule has 0 aliphatic carbocycles. The fourth-order valence-electron chi connectivity index (χ4n) is 0.507. The molecule has 68 valence electrons.